The monoisotopic (exact) mass is 250 g/mol. The van der Waals surface area contributed by atoms with E-state index in [1.807, 2.05) is 19.1 Å². The summed E-state index contributed by atoms with van der Waals surface area (Å²) in [5.74, 6) is -0.399. The van der Waals surface area contributed by atoms with Crippen LogP contribution in [-0.2, 0) is 0 Å². The van der Waals surface area contributed by atoms with Crippen molar-refractivity contribution in [2.45, 2.75) is 13.0 Å². The number of nitrogens with zero attached hydrogens (tertiary/aromatic N) is 1. The summed E-state index contributed by atoms with van der Waals surface area (Å²) in [6.45, 7) is 1.98. The molecule has 0 saturated carbocycles. The van der Waals surface area contributed by atoms with Gasteiger partial charge in [-0.1, -0.05) is 17.7 Å². The fourth-order valence-electron chi connectivity index (χ4n) is 1.56. The lowest BCUT2D eigenvalue weighted by molar-refractivity contribution is 0.627. The predicted molar refractivity (Wildman–Crippen MR) is 67.7 cm³/mol. The van der Waals surface area contributed by atoms with Crippen LogP contribution in [0, 0.1) is 5.82 Å². The highest BCUT2D eigenvalue weighted by Gasteiger charge is 2.08. The molecule has 0 aliphatic carbocycles. The van der Waals surface area contributed by atoms with Crippen molar-refractivity contribution in [3.8, 4) is 0 Å². The highest BCUT2D eigenvalue weighted by molar-refractivity contribution is 6.30. The number of benzene rings is 1. The van der Waals surface area contributed by atoms with Gasteiger partial charge in [-0.05, 0) is 36.8 Å². The van der Waals surface area contributed by atoms with Crippen molar-refractivity contribution in [3.05, 3.63) is 59.1 Å². The van der Waals surface area contributed by atoms with Crippen LogP contribution < -0.4 is 5.32 Å². The molecule has 0 radical (unpaired) electrons. The molecular formula is C13H12ClFN2. The van der Waals surface area contributed by atoms with Crippen LogP contribution in [0.1, 0.15) is 18.5 Å². The highest BCUT2D eigenvalue weighted by Crippen LogP contribution is 2.23. The summed E-state index contributed by atoms with van der Waals surface area (Å²) >= 11 is 5.75. The highest BCUT2D eigenvalue weighted by atomic mass is 35.5. The summed E-state index contributed by atoms with van der Waals surface area (Å²) in [5, 5.41) is 3.40. The summed E-state index contributed by atoms with van der Waals surface area (Å²) in [7, 11) is 0. The second kappa shape index (κ2) is 5.15. The fourth-order valence-corrected chi connectivity index (χ4v) is 1.75. The molecule has 1 atom stereocenters. The molecule has 0 fully saturated rings. The van der Waals surface area contributed by atoms with Crippen LogP contribution in [-0.4, -0.2) is 4.98 Å². The number of pyridine rings is 1. The van der Waals surface area contributed by atoms with Crippen molar-refractivity contribution in [2.75, 3.05) is 5.32 Å². The van der Waals surface area contributed by atoms with Crippen molar-refractivity contribution < 1.29 is 4.39 Å². The third-order valence-corrected chi connectivity index (χ3v) is 2.78. The number of hydrogen-bond acceptors (Lipinski definition) is 2. The van der Waals surface area contributed by atoms with Crippen LogP contribution in [0.5, 0.6) is 0 Å². The van der Waals surface area contributed by atoms with Crippen LogP contribution in [0.15, 0.2) is 42.7 Å². The standard InChI is InChI=1S/C13H12ClFN2/c1-9(17-11-3-2-6-16-8-11)10-4-5-13(15)12(14)7-10/h2-9,17H,1H3. The predicted octanol–water partition coefficient (Wildman–Crippen LogP) is 4.05. The second-order valence-corrected chi connectivity index (χ2v) is 4.19. The Labute approximate surface area is 104 Å². The van der Waals surface area contributed by atoms with Gasteiger partial charge in [-0.15, -0.1) is 0 Å². The maximum absolute atomic E-state index is 13.0. The van der Waals surface area contributed by atoms with Gasteiger partial charge in [0.15, 0.2) is 0 Å². The molecule has 1 aromatic carbocycles. The van der Waals surface area contributed by atoms with Crippen molar-refractivity contribution >= 4 is 17.3 Å². The molecule has 4 heteroatoms. The number of rotatable bonds is 3. The van der Waals surface area contributed by atoms with E-state index in [1.165, 1.54) is 6.07 Å². The van der Waals surface area contributed by atoms with Gasteiger partial charge in [0.05, 0.1) is 10.7 Å². The number of anilines is 1. The van der Waals surface area contributed by atoms with Gasteiger partial charge < -0.3 is 5.32 Å². The van der Waals surface area contributed by atoms with Gasteiger partial charge in [-0.25, -0.2) is 4.39 Å². The van der Waals surface area contributed by atoms with E-state index < -0.39 is 5.82 Å². The van der Waals surface area contributed by atoms with Crippen LogP contribution in [0.25, 0.3) is 0 Å². The molecule has 0 aliphatic rings. The Hall–Kier alpha value is -1.61. The summed E-state index contributed by atoms with van der Waals surface area (Å²) in [4.78, 5) is 4.01. The number of hydrogen-bond donors (Lipinski definition) is 1. The molecule has 88 valence electrons. The molecule has 17 heavy (non-hydrogen) atoms. The van der Waals surface area contributed by atoms with Gasteiger partial charge in [0.1, 0.15) is 5.82 Å². The third-order valence-electron chi connectivity index (χ3n) is 2.49. The van der Waals surface area contributed by atoms with Gasteiger partial charge in [-0.2, -0.15) is 0 Å². The Bertz CT molecular complexity index is 502. The minimum absolute atomic E-state index is 0.0392. The molecule has 1 heterocycles. The van der Waals surface area contributed by atoms with Crippen molar-refractivity contribution in [2.24, 2.45) is 0 Å². The third kappa shape index (κ3) is 2.94. The summed E-state index contributed by atoms with van der Waals surface area (Å²) in [6, 6.07) is 8.54. The summed E-state index contributed by atoms with van der Waals surface area (Å²) < 4.78 is 13.0. The van der Waals surface area contributed by atoms with Gasteiger partial charge in [0, 0.05) is 18.4 Å². The topological polar surface area (TPSA) is 24.9 Å². The van der Waals surface area contributed by atoms with E-state index in [1.54, 1.807) is 24.5 Å². The summed E-state index contributed by atoms with van der Waals surface area (Å²) in [6.07, 6.45) is 3.45. The minimum atomic E-state index is -0.399. The molecule has 0 bridgehead atoms. The minimum Gasteiger partial charge on any atom is -0.377 e. The molecule has 1 N–H and O–H groups in total. The molecule has 2 nitrogen and oxygen atoms in total. The van der Waals surface area contributed by atoms with Gasteiger partial charge >= 0.3 is 0 Å². The van der Waals surface area contributed by atoms with Gasteiger partial charge in [0.2, 0.25) is 0 Å². The molecule has 0 amide bonds. The first kappa shape index (κ1) is 11.9. The van der Waals surface area contributed by atoms with Gasteiger partial charge in [0.25, 0.3) is 0 Å². The number of nitrogens with one attached hydrogen (secondary N) is 1. The fraction of sp³-hybridized carbons (Fsp3) is 0.154. The number of halogens is 2. The van der Waals surface area contributed by atoms with E-state index in [4.69, 9.17) is 11.6 Å². The smallest absolute Gasteiger partial charge is 0.141 e. The van der Waals surface area contributed by atoms with E-state index in [-0.39, 0.29) is 11.1 Å². The van der Waals surface area contributed by atoms with Gasteiger partial charge in [-0.3, -0.25) is 4.98 Å². The SMILES string of the molecule is CC(Nc1cccnc1)c1ccc(F)c(Cl)c1. The van der Waals surface area contributed by atoms with E-state index >= 15 is 0 Å². The first-order valence-corrected chi connectivity index (χ1v) is 5.66. The maximum Gasteiger partial charge on any atom is 0.141 e. The van der Waals surface area contributed by atoms with E-state index in [0.717, 1.165) is 11.3 Å². The summed E-state index contributed by atoms with van der Waals surface area (Å²) in [5.41, 5.74) is 1.85. The van der Waals surface area contributed by atoms with Crippen LogP contribution in [0.3, 0.4) is 0 Å². The largest absolute Gasteiger partial charge is 0.377 e. The normalized spacial score (nSPS) is 12.2. The Morgan fingerprint density at radius 1 is 1.35 bits per heavy atom. The Kier molecular flexibility index (Phi) is 3.59. The molecule has 0 spiro atoms. The van der Waals surface area contributed by atoms with E-state index in [9.17, 15) is 4.39 Å². The second-order valence-electron chi connectivity index (χ2n) is 3.78. The first-order valence-electron chi connectivity index (χ1n) is 5.28. The molecule has 0 aliphatic heterocycles. The van der Waals surface area contributed by atoms with Crippen molar-refractivity contribution in [1.82, 2.24) is 4.98 Å². The molecule has 0 saturated heterocycles. The molecule has 2 aromatic rings. The van der Waals surface area contributed by atoms with Crippen LogP contribution in [0.2, 0.25) is 5.02 Å². The lowest BCUT2D eigenvalue weighted by atomic mass is 10.1. The average molecular weight is 251 g/mol. The zero-order valence-electron chi connectivity index (χ0n) is 9.32. The van der Waals surface area contributed by atoms with Crippen LogP contribution in [0.4, 0.5) is 10.1 Å². The number of aromatic nitrogens is 1. The zero-order valence-corrected chi connectivity index (χ0v) is 10.1. The van der Waals surface area contributed by atoms with Crippen molar-refractivity contribution in [1.29, 1.82) is 0 Å². The van der Waals surface area contributed by atoms with E-state index in [0.29, 0.717) is 0 Å². The molecule has 1 unspecified atom stereocenters. The Morgan fingerprint density at radius 2 is 2.18 bits per heavy atom. The maximum atomic E-state index is 13.0. The quantitative estimate of drug-likeness (QED) is 0.889. The lowest BCUT2D eigenvalue weighted by Gasteiger charge is -2.15. The Balaban J connectivity index is 2.14. The zero-order chi connectivity index (χ0) is 12.3. The molecular weight excluding hydrogens is 239 g/mol. The van der Waals surface area contributed by atoms with Crippen molar-refractivity contribution in [3.63, 3.8) is 0 Å². The molecule has 2 rings (SSSR count). The molecule has 1 aromatic heterocycles. The van der Waals surface area contributed by atoms with E-state index in [2.05, 4.69) is 10.3 Å². The van der Waals surface area contributed by atoms with Crippen LogP contribution >= 0.6 is 11.6 Å². The lowest BCUT2D eigenvalue weighted by Crippen LogP contribution is -2.06. The Morgan fingerprint density at radius 3 is 2.82 bits per heavy atom. The average Bonchev–Trinajstić information content (AvgIpc) is 2.34. The first-order chi connectivity index (χ1) is 8.16.